The van der Waals surface area contributed by atoms with E-state index in [2.05, 4.69) is 27.2 Å². The van der Waals surface area contributed by atoms with Crippen molar-refractivity contribution in [3.05, 3.63) is 60.7 Å². The van der Waals surface area contributed by atoms with Gasteiger partial charge in [-0.2, -0.15) is 0 Å². The maximum atomic E-state index is 4.90. The van der Waals surface area contributed by atoms with Crippen LogP contribution < -0.4 is 4.90 Å². The Morgan fingerprint density at radius 1 is 0.667 bits per heavy atom. The summed E-state index contributed by atoms with van der Waals surface area (Å²) < 4.78 is 0. The van der Waals surface area contributed by atoms with Gasteiger partial charge in [-0.1, -0.05) is 60.7 Å². The lowest BCUT2D eigenvalue weighted by atomic mass is 10.1. The van der Waals surface area contributed by atoms with Crippen LogP contribution in [0, 0.1) is 0 Å². The average molecular weight is 316 g/mol. The summed E-state index contributed by atoms with van der Waals surface area (Å²) in [5, 5.41) is 8.94. The fourth-order valence-electron chi connectivity index (χ4n) is 3.14. The lowest BCUT2D eigenvalue weighted by molar-refractivity contribution is 0.572. The molecule has 1 aromatic heterocycles. The first-order chi connectivity index (χ1) is 11.9. The van der Waals surface area contributed by atoms with E-state index in [1.165, 1.54) is 19.3 Å². The number of hydrogen-bond acceptors (Lipinski definition) is 4. The molecule has 1 fully saturated rings. The molecule has 0 radical (unpaired) electrons. The van der Waals surface area contributed by atoms with Gasteiger partial charge in [0.15, 0.2) is 11.6 Å². The van der Waals surface area contributed by atoms with Crippen LogP contribution in [0.25, 0.3) is 22.6 Å². The van der Waals surface area contributed by atoms with E-state index in [0.29, 0.717) is 5.82 Å². The van der Waals surface area contributed by atoms with Crippen LogP contribution in [-0.2, 0) is 0 Å². The van der Waals surface area contributed by atoms with Crippen LogP contribution in [0.5, 0.6) is 0 Å². The highest BCUT2D eigenvalue weighted by Crippen LogP contribution is 2.30. The summed E-state index contributed by atoms with van der Waals surface area (Å²) in [5.41, 5.74) is 2.94. The maximum absolute atomic E-state index is 4.90. The number of aromatic nitrogens is 3. The first-order valence-corrected chi connectivity index (χ1v) is 8.52. The zero-order valence-electron chi connectivity index (χ0n) is 13.6. The second-order valence-electron chi connectivity index (χ2n) is 6.09. The van der Waals surface area contributed by atoms with E-state index >= 15 is 0 Å². The van der Waals surface area contributed by atoms with Crippen molar-refractivity contribution in [3.8, 4) is 22.6 Å². The molecule has 4 nitrogen and oxygen atoms in total. The molecule has 0 spiro atoms. The molecular weight excluding hydrogens is 296 g/mol. The van der Waals surface area contributed by atoms with E-state index in [9.17, 15) is 0 Å². The van der Waals surface area contributed by atoms with Gasteiger partial charge in [-0.15, -0.1) is 10.2 Å². The molecule has 0 bridgehead atoms. The summed E-state index contributed by atoms with van der Waals surface area (Å²) in [7, 11) is 0. The predicted molar refractivity (Wildman–Crippen MR) is 96.8 cm³/mol. The lowest BCUT2D eigenvalue weighted by Crippen LogP contribution is -2.31. The molecule has 1 aliphatic heterocycles. The number of nitrogens with zero attached hydrogens (tertiary/aromatic N) is 4. The number of rotatable bonds is 3. The van der Waals surface area contributed by atoms with E-state index in [4.69, 9.17) is 4.98 Å². The number of anilines is 1. The second kappa shape index (κ2) is 6.79. The zero-order valence-corrected chi connectivity index (χ0v) is 13.6. The monoisotopic (exact) mass is 316 g/mol. The van der Waals surface area contributed by atoms with Crippen LogP contribution in [0.2, 0.25) is 0 Å². The van der Waals surface area contributed by atoms with E-state index in [1.54, 1.807) is 0 Å². The molecule has 0 atom stereocenters. The van der Waals surface area contributed by atoms with Crippen molar-refractivity contribution in [1.29, 1.82) is 0 Å². The Labute approximate surface area is 142 Å². The summed E-state index contributed by atoms with van der Waals surface area (Å²) in [6, 6.07) is 20.3. The van der Waals surface area contributed by atoms with Crippen molar-refractivity contribution >= 4 is 5.82 Å². The molecule has 0 unspecified atom stereocenters. The van der Waals surface area contributed by atoms with Crippen LogP contribution in [0.3, 0.4) is 0 Å². The number of hydrogen-bond donors (Lipinski definition) is 0. The highest BCUT2D eigenvalue weighted by atomic mass is 15.3. The van der Waals surface area contributed by atoms with Crippen LogP contribution in [0.4, 0.5) is 5.82 Å². The van der Waals surface area contributed by atoms with Crippen molar-refractivity contribution in [3.63, 3.8) is 0 Å². The van der Waals surface area contributed by atoms with Gasteiger partial charge in [0.1, 0.15) is 5.69 Å². The summed E-state index contributed by atoms with van der Waals surface area (Å²) in [4.78, 5) is 7.25. The van der Waals surface area contributed by atoms with Crippen molar-refractivity contribution in [1.82, 2.24) is 15.2 Å². The highest BCUT2D eigenvalue weighted by molar-refractivity contribution is 5.73. The fraction of sp³-hybridized carbons (Fsp3) is 0.250. The van der Waals surface area contributed by atoms with E-state index in [1.807, 2.05) is 48.5 Å². The fourth-order valence-corrected chi connectivity index (χ4v) is 3.14. The Morgan fingerprint density at radius 2 is 1.29 bits per heavy atom. The van der Waals surface area contributed by atoms with E-state index in [0.717, 1.165) is 35.7 Å². The van der Waals surface area contributed by atoms with Crippen molar-refractivity contribution in [2.45, 2.75) is 19.3 Å². The molecule has 24 heavy (non-hydrogen) atoms. The van der Waals surface area contributed by atoms with Crippen LogP contribution >= 0.6 is 0 Å². The van der Waals surface area contributed by atoms with Gasteiger partial charge >= 0.3 is 0 Å². The van der Waals surface area contributed by atoms with Gasteiger partial charge in [0.25, 0.3) is 0 Å². The Morgan fingerprint density at radius 3 is 1.96 bits per heavy atom. The molecule has 120 valence electrons. The minimum atomic E-state index is 0.691. The molecule has 1 saturated heterocycles. The normalized spacial score (nSPS) is 14.6. The molecular formula is C20H20N4. The number of piperidine rings is 1. The molecule has 0 N–H and O–H groups in total. The standard InChI is InChI=1S/C20H20N4/c1-4-10-16(11-5-1)18-20(24-14-8-3-9-15-24)21-19(23-22-18)17-12-6-2-7-13-17/h1-2,4-7,10-13H,3,8-9,14-15H2. The quantitative estimate of drug-likeness (QED) is 0.726. The molecule has 0 saturated carbocycles. The van der Waals surface area contributed by atoms with Gasteiger partial charge in [0, 0.05) is 24.2 Å². The van der Waals surface area contributed by atoms with Crippen LogP contribution in [-0.4, -0.2) is 28.3 Å². The lowest BCUT2D eigenvalue weighted by Gasteiger charge is -2.29. The Bertz CT molecular complexity index is 796. The Balaban J connectivity index is 1.81. The third-order valence-electron chi connectivity index (χ3n) is 4.40. The molecule has 4 heteroatoms. The van der Waals surface area contributed by atoms with Crippen LogP contribution in [0.1, 0.15) is 19.3 Å². The maximum Gasteiger partial charge on any atom is 0.183 e. The first-order valence-electron chi connectivity index (χ1n) is 8.52. The third kappa shape index (κ3) is 3.00. The first kappa shape index (κ1) is 14.8. The van der Waals surface area contributed by atoms with Gasteiger partial charge in [-0.3, -0.25) is 0 Å². The molecule has 3 aromatic rings. The largest absolute Gasteiger partial charge is 0.355 e. The average Bonchev–Trinajstić information content (AvgIpc) is 2.69. The zero-order chi connectivity index (χ0) is 16.2. The topological polar surface area (TPSA) is 41.9 Å². The van der Waals surface area contributed by atoms with Gasteiger partial charge in [0.2, 0.25) is 0 Å². The Kier molecular flexibility index (Phi) is 4.19. The number of benzene rings is 2. The van der Waals surface area contributed by atoms with E-state index < -0.39 is 0 Å². The van der Waals surface area contributed by atoms with Crippen molar-refractivity contribution in [2.75, 3.05) is 18.0 Å². The SMILES string of the molecule is c1ccc(-c2nnc(-c3ccccc3)c(N3CCCCC3)n2)cc1. The summed E-state index contributed by atoms with van der Waals surface area (Å²) in [6.45, 7) is 2.07. The van der Waals surface area contributed by atoms with Gasteiger partial charge in [-0.25, -0.2) is 4.98 Å². The van der Waals surface area contributed by atoms with Crippen molar-refractivity contribution in [2.24, 2.45) is 0 Å². The van der Waals surface area contributed by atoms with Gasteiger partial charge in [0.05, 0.1) is 0 Å². The molecule has 4 rings (SSSR count). The summed E-state index contributed by atoms with van der Waals surface area (Å²) in [6.07, 6.45) is 3.71. The predicted octanol–water partition coefficient (Wildman–Crippen LogP) is 4.20. The molecule has 1 aliphatic rings. The van der Waals surface area contributed by atoms with Gasteiger partial charge in [-0.05, 0) is 19.3 Å². The smallest absolute Gasteiger partial charge is 0.183 e. The molecule has 0 amide bonds. The Hall–Kier alpha value is -2.75. The second-order valence-corrected chi connectivity index (χ2v) is 6.09. The minimum Gasteiger partial charge on any atom is -0.355 e. The van der Waals surface area contributed by atoms with Crippen molar-refractivity contribution < 1.29 is 0 Å². The molecule has 0 aliphatic carbocycles. The summed E-state index contributed by atoms with van der Waals surface area (Å²) >= 11 is 0. The van der Waals surface area contributed by atoms with Crippen LogP contribution in [0.15, 0.2) is 60.7 Å². The minimum absolute atomic E-state index is 0.691. The highest BCUT2D eigenvalue weighted by Gasteiger charge is 2.20. The third-order valence-corrected chi connectivity index (χ3v) is 4.40. The van der Waals surface area contributed by atoms with E-state index in [-0.39, 0.29) is 0 Å². The molecule has 2 aromatic carbocycles. The van der Waals surface area contributed by atoms with Gasteiger partial charge < -0.3 is 4.90 Å². The molecule has 2 heterocycles. The summed E-state index contributed by atoms with van der Waals surface area (Å²) in [5.74, 6) is 1.64.